The van der Waals surface area contributed by atoms with Gasteiger partial charge in [0.2, 0.25) is 5.91 Å². The number of carbonyl (C=O) groups excluding carboxylic acids is 1. The maximum Gasteiger partial charge on any atom is 0.231 e. The minimum absolute atomic E-state index is 0.112. The summed E-state index contributed by atoms with van der Waals surface area (Å²) in [6.45, 7) is 2.51. The molecule has 92 valence electrons. The quantitative estimate of drug-likeness (QED) is 0.840. The SMILES string of the molecule is Cc1nc(CN2C(=O)Cc3cc(N)ccc32)cs1. The molecule has 0 spiro atoms. The van der Waals surface area contributed by atoms with E-state index >= 15 is 0 Å². The van der Waals surface area contributed by atoms with Gasteiger partial charge in [-0.05, 0) is 30.7 Å². The number of aromatic nitrogens is 1. The molecule has 18 heavy (non-hydrogen) atoms. The van der Waals surface area contributed by atoms with Gasteiger partial charge in [-0.15, -0.1) is 11.3 Å². The van der Waals surface area contributed by atoms with Crippen molar-refractivity contribution in [1.29, 1.82) is 0 Å². The third-order valence-corrected chi connectivity index (χ3v) is 3.85. The maximum absolute atomic E-state index is 12.0. The molecule has 0 saturated heterocycles. The largest absolute Gasteiger partial charge is 0.399 e. The molecule has 0 unspecified atom stereocenters. The average molecular weight is 259 g/mol. The van der Waals surface area contributed by atoms with Crippen LogP contribution in [-0.2, 0) is 17.8 Å². The number of hydrogen-bond donors (Lipinski definition) is 1. The zero-order chi connectivity index (χ0) is 12.7. The van der Waals surface area contributed by atoms with Gasteiger partial charge in [0, 0.05) is 16.8 Å². The Morgan fingerprint density at radius 2 is 2.33 bits per heavy atom. The summed E-state index contributed by atoms with van der Waals surface area (Å²) in [7, 11) is 0. The lowest BCUT2D eigenvalue weighted by atomic mass is 10.1. The highest BCUT2D eigenvalue weighted by atomic mass is 32.1. The summed E-state index contributed by atoms with van der Waals surface area (Å²) < 4.78 is 0. The number of thiazole rings is 1. The number of rotatable bonds is 2. The van der Waals surface area contributed by atoms with Crippen LogP contribution in [0.15, 0.2) is 23.6 Å². The molecule has 5 heteroatoms. The molecule has 0 radical (unpaired) electrons. The Balaban J connectivity index is 1.92. The highest BCUT2D eigenvalue weighted by Crippen LogP contribution is 2.31. The highest BCUT2D eigenvalue weighted by molar-refractivity contribution is 7.09. The predicted molar refractivity (Wildman–Crippen MR) is 72.6 cm³/mol. The number of fused-ring (bicyclic) bond motifs is 1. The minimum atomic E-state index is 0.112. The van der Waals surface area contributed by atoms with E-state index in [4.69, 9.17) is 5.73 Å². The normalized spacial score (nSPS) is 14.1. The molecule has 0 saturated carbocycles. The number of nitrogens with two attached hydrogens (primary N) is 1. The summed E-state index contributed by atoms with van der Waals surface area (Å²) in [6.07, 6.45) is 0.434. The molecule has 4 nitrogen and oxygen atoms in total. The summed E-state index contributed by atoms with van der Waals surface area (Å²) in [6, 6.07) is 5.62. The number of hydrogen-bond acceptors (Lipinski definition) is 4. The van der Waals surface area contributed by atoms with Gasteiger partial charge in [-0.3, -0.25) is 4.79 Å². The summed E-state index contributed by atoms with van der Waals surface area (Å²) in [5.74, 6) is 0.112. The van der Waals surface area contributed by atoms with Crippen molar-refractivity contribution in [2.24, 2.45) is 0 Å². The highest BCUT2D eigenvalue weighted by Gasteiger charge is 2.27. The smallest absolute Gasteiger partial charge is 0.231 e. The molecule has 1 aromatic carbocycles. The minimum Gasteiger partial charge on any atom is -0.399 e. The van der Waals surface area contributed by atoms with Crippen molar-refractivity contribution in [3.63, 3.8) is 0 Å². The van der Waals surface area contributed by atoms with Crippen LogP contribution in [0.25, 0.3) is 0 Å². The second-order valence-corrected chi connectivity index (χ2v) is 5.46. The van der Waals surface area contributed by atoms with E-state index in [1.54, 1.807) is 16.2 Å². The number of carbonyl (C=O) groups is 1. The lowest BCUT2D eigenvalue weighted by Crippen LogP contribution is -2.26. The van der Waals surface area contributed by atoms with Crippen LogP contribution in [-0.4, -0.2) is 10.9 Å². The van der Waals surface area contributed by atoms with E-state index in [0.29, 0.717) is 18.7 Å². The lowest BCUT2D eigenvalue weighted by molar-refractivity contribution is -0.117. The van der Waals surface area contributed by atoms with Gasteiger partial charge in [-0.25, -0.2) is 4.98 Å². The molecular formula is C13H13N3OS. The maximum atomic E-state index is 12.0. The van der Waals surface area contributed by atoms with Gasteiger partial charge in [0.25, 0.3) is 0 Å². The summed E-state index contributed by atoms with van der Waals surface area (Å²) in [4.78, 5) is 18.2. The third kappa shape index (κ3) is 1.86. The summed E-state index contributed by atoms with van der Waals surface area (Å²) in [5, 5.41) is 3.02. The molecule has 1 aliphatic heterocycles. The van der Waals surface area contributed by atoms with Crippen LogP contribution in [0.2, 0.25) is 0 Å². The van der Waals surface area contributed by atoms with Crippen LogP contribution >= 0.6 is 11.3 Å². The molecule has 1 aromatic heterocycles. The van der Waals surface area contributed by atoms with Crippen molar-refractivity contribution >= 4 is 28.6 Å². The van der Waals surface area contributed by atoms with E-state index in [9.17, 15) is 4.79 Å². The van der Waals surface area contributed by atoms with Crippen LogP contribution in [0, 0.1) is 6.92 Å². The molecule has 1 amide bonds. The number of nitrogen functional groups attached to an aromatic ring is 1. The molecule has 2 heterocycles. The molecule has 0 aliphatic carbocycles. The number of anilines is 2. The predicted octanol–water partition coefficient (Wildman–Crippen LogP) is 2.12. The van der Waals surface area contributed by atoms with Crippen molar-refractivity contribution in [2.45, 2.75) is 19.9 Å². The molecule has 0 fully saturated rings. The Morgan fingerprint density at radius 1 is 1.50 bits per heavy atom. The summed E-state index contributed by atoms with van der Waals surface area (Å²) >= 11 is 1.60. The fraction of sp³-hybridized carbons (Fsp3) is 0.231. The van der Waals surface area contributed by atoms with Gasteiger partial charge in [0.15, 0.2) is 0 Å². The Kier molecular flexibility index (Phi) is 2.56. The van der Waals surface area contributed by atoms with E-state index in [1.807, 2.05) is 30.5 Å². The molecule has 3 rings (SSSR count). The second kappa shape index (κ2) is 4.10. The third-order valence-electron chi connectivity index (χ3n) is 3.02. The first-order valence-electron chi connectivity index (χ1n) is 5.73. The standard InChI is InChI=1S/C13H13N3OS/c1-8-15-11(7-18-8)6-16-12-3-2-10(14)4-9(12)5-13(16)17/h2-4,7H,5-6,14H2,1H3. The number of nitrogens with zero attached hydrogens (tertiary/aromatic N) is 2. The number of amides is 1. The van der Waals surface area contributed by atoms with Crippen LogP contribution in [0.5, 0.6) is 0 Å². The lowest BCUT2D eigenvalue weighted by Gasteiger charge is -2.16. The topological polar surface area (TPSA) is 59.2 Å². The van der Waals surface area contributed by atoms with Gasteiger partial charge < -0.3 is 10.6 Å². The summed E-state index contributed by atoms with van der Waals surface area (Å²) in [5.41, 5.74) is 9.34. The van der Waals surface area contributed by atoms with E-state index in [1.165, 1.54) is 0 Å². The molecule has 2 N–H and O–H groups in total. The Morgan fingerprint density at radius 3 is 3.06 bits per heavy atom. The van der Waals surface area contributed by atoms with Crippen molar-refractivity contribution in [2.75, 3.05) is 10.6 Å². The molecular weight excluding hydrogens is 246 g/mol. The molecule has 1 aliphatic rings. The Labute approximate surface area is 109 Å². The average Bonchev–Trinajstić information content (AvgIpc) is 2.84. The van der Waals surface area contributed by atoms with Gasteiger partial charge in [-0.1, -0.05) is 0 Å². The van der Waals surface area contributed by atoms with Crippen LogP contribution in [0.3, 0.4) is 0 Å². The fourth-order valence-electron chi connectivity index (χ4n) is 2.22. The number of aryl methyl sites for hydroxylation is 1. The zero-order valence-corrected chi connectivity index (χ0v) is 10.8. The van der Waals surface area contributed by atoms with E-state index in [2.05, 4.69) is 4.98 Å². The van der Waals surface area contributed by atoms with Gasteiger partial charge in [0.1, 0.15) is 0 Å². The first-order valence-corrected chi connectivity index (χ1v) is 6.61. The van der Waals surface area contributed by atoms with Gasteiger partial charge >= 0.3 is 0 Å². The van der Waals surface area contributed by atoms with Crippen molar-refractivity contribution in [3.8, 4) is 0 Å². The van der Waals surface area contributed by atoms with Crippen LogP contribution in [0.4, 0.5) is 11.4 Å². The van der Waals surface area contributed by atoms with Crippen molar-refractivity contribution in [1.82, 2.24) is 4.98 Å². The van der Waals surface area contributed by atoms with Crippen LogP contribution < -0.4 is 10.6 Å². The van der Waals surface area contributed by atoms with E-state index in [-0.39, 0.29) is 5.91 Å². The first-order chi connectivity index (χ1) is 8.63. The van der Waals surface area contributed by atoms with Crippen molar-refractivity contribution < 1.29 is 4.79 Å². The molecule has 2 aromatic rings. The van der Waals surface area contributed by atoms with Gasteiger partial charge in [-0.2, -0.15) is 0 Å². The zero-order valence-electron chi connectivity index (χ0n) is 10.0. The van der Waals surface area contributed by atoms with E-state index in [0.717, 1.165) is 22.0 Å². The van der Waals surface area contributed by atoms with Crippen molar-refractivity contribution in [3.05, 3.63) is 39.8 Å². The fourth-order valence-corrected chi connectivity index (χ4v) is 2.82. The Bertz CT molecular complexity index is 620. The molecule has 0 atom stereocenters. The van der Waals surface area contributed by atoms with Gasteiger partial charge in [0.05, 0.1) is 23.7 Å². The van der Waals surface area contributed by atoms with Crippen LogP contribution in [0.1, 0.15) is 16.3 Å². The monoisotopic (exact) mass is 259 g/mol. The first kappa shape index (κ1) is 11.2. The number of benzene rings is 1. The van der Waals surface area contributed by atoms with E-state index < -0.39 is 0 Å². The molecule has 0 bridgehead atoms. The second-order valence-electron chi connectivity index (χ2n) is 4.40. The Hall–Kier alpha value is -1.88.